The maximum atomic E-state index is 10.8. The third-order valence-corrected chi connectivity index (χ3v) is 5.25. The van der Waals surface area contributed by atoms with Crippen LogP contribution in [-0.4, -0.2) is 35.6 Å². The van der Waals surface area contributed by atoms with Crippen LogP contribution in [0.4, 0.5) is 0 Å². The fraction of sp³-hybridized carbons (Fsp3) is 1.00. The van der Waals surface area contributed by atoms with Crippen molar-refractivity contribution in [1.82, 2.24) is 0 Å². The minimum absolute atomic E-state index is 0.886. The summed E-state index contributed by atoms with van der Waals surface area (Å²) in [4.78, 5) is 0. The minimum Gasteiger partial charge on any atom is -0.272 e. The van der Waals surface area contributed by atoms with Gasteiger partial charge < -0.3 is 0 Å². The molecular formula is C4H10O6S2. The lowest BCUT2D eigenvalue weighted by molar-refractivity contribution is 0.377. The first kappa shape index (κ1) is 11.8. The molecule has 0 saturated carbocycles. The first-order chi connectivity index (χ1) is 5.28. The summed E-state index contributed by atoms with van der Waals surface area (Å²) < 4.78 is 49.6. The van der Waals surface area contributed by atoms with Crippen molar-refractivity contribution in [3.05, 3.63) is 0 Å². The van der Waals surface area contributed by atoms with Gasteiger partial charge in [0.25, 0.3) is 20.2 Å². The minimum atomic E-state index is -4.08. The Morgan fingerprint density at radius 1 is 0.917 bits per heavy atom. The van der Waals surface area contributed by atoms with Crippen LogP contribution in [0.25, 0.3) is 0 Å². The summed E-state index contributed by atoms with van der Waals surface area (Å²) >= 11 is 0. The summed E-state index contributed by atoms with van der Waals surface area (Å²) in [6.45, 7) is 0.970. The van der Waals surface area contributed by atoms with Gasteiger partial charge in [0.1, 0.15) is 0 Å². The van der Waals surface area contributed by atoms with Gasteiger partial charge in [-0.1, -0.05) is 0 Å². The molecule has 0 saturated heterocycles. The van der Waals surface area contributed by atoms with Crippen molar-refractivity contribution in [2.24, 2.45) is 0 Å². The fourth-order valence-corrected chi connectivity index (χ4v) is 2.58. The molecule has 0 rings (SSSR count). The van der Waals surface area contributed by atoms with E-state index in [1.54, 1.807) is 0 Å². The highest BCUT2D eigenvalue weighted by molar-refractivity contribution is 8.04. The molecule has 0 fully saturated rings. The first-order valence-corrected chi connectivity index (χ1v) is 5.81. The molecule has 0 radical (unpaired) electrons. The fourth-order valence-electron chi connectivity index (χ4n) is 0.415. The molecule has 74 valence electrons. The molecular weight excluding hydrogens is 208 g/mol. The SMILES string of the molecule is COS(=O)(=O)C(C)S(=O)(=O)OC. The maximum Gasteiger partial charge on any atom is 0.286 e. The molecule has 0 aliphatic heterocycles. The third kappa shape index (κ3) is 2.41. The van der Waals surface area contributed by atoms with E-state index in [1.165, 1.54) is 0 Å². The van der Waals surface area contributed by atoms with Crippen LogP contribution >= 0.6 is 0 Å². The second kappa shape index (κ2) is 3.69. The predicted molar refractivity (Wildman–Crippen MR) is 41.3 cm³/mol. The summed E-state index contributed by atoms with van der Waals surface area (Å²) in [5.41, 5.74) is 0. The molecule has 12 heavy (non-hydrogen) atoms. The van der Waals surface area contributed by atoms with Gasteiger partial charge in [-0.05, 0) is 6.92 Å². The zero-order chi connectivity index (χ0) is 9.99. The van der Waals surface area contributed by atoms with Crippen molar-refractivity contribution >= 4 is 20.2 Å². The van der Waals surface area contributed by atoms with Crippen molar-refractivity contribution in [2.75, 3.05) is 14.2 Å². The summed E-state index contributed by atoms with van der Waals surface area (Å²) in [7, 11) is -6.39. The largest absolute Gasteiger partial charge is 0.286 e. The van der Waals surface area contributed by atoms with Gasteiger partial charge in [0, 0.05) is 0 Å². The standard InChI is InChI=1S/C4H10O6S2/c1-4(11(5,6)9-2)12(7,8)10-3/h4H,1-3H3. The molecule has 0 aromatic heterocycles. The molecule has 0 heterocycles. The molecule has 6 nitrogen and oxygen atoms in total. The molecule has 0 bridgehead atoms. The van der Waals surface area contributed by atoms with Crippen LogP contribution in [0.15, 0.2) is 0 Å². The molecule has 0 aliphatic carbocycles. The molecule has 0 atom stereocenters. The molecule has 0 aromatic carbocycles. The number of rotatable bonds is 4. The third-order valence-electron chi connectivity index (χ3n) is 1.28. The van der Waals surface area contributed by atoms with E-state index in [4.69, 9.17) is 0 Å². The Morgan fingerprint density at radius 2 is 1.17 bits per heavy atom. The van der Waals surface area contributed by atoms with E-state index in [9.17, 15) is 16.8 Å². The highest BCUT2D eigenvalue weighted by Gasteiger charge is 2.33. The number of hydrogen-bond donors (Lipinski definition) is 0. The van der Waals surface area contributed by atoms with Crippen LogP contribution in [0.3, 0.4) is 0 Å². The van der Waals surface area contributed by atoms with Gasteiger partial charge in [-0.3, -0.25) is 8.37 Å². The van der Waals surface area contributed by atoms with Gasteiger partial charge in [0.15, 0.2) is 0 Å². The van der Waals surface area contributed by atoms with Crippen molar-refractivity contribution in [3.63, 3.8) is 0 Å². The highest BCUT2D eigenvalue weighted by atomic mass is 32.3. The van der Waals surface area contributed by atoms with Crippen LogP contribution < -0.4 is 0 Å². The predicted octanol–water partition coefficient (Wildman–Crippen LogP) is -0.715. The van der Waals surface area contributed by atoms with E-state index < -0.39 is 24.8 Å². The van der Waals surface area contributed by atoms with Crippen molar-refractivity contribution in [1.29, 1.82) is 0 Å². The molecule has 0 aromatic rings. The van der Waals surface area contributed by atoms with Crippen LogP contribution in [0, 0.1) is 0 Å². The molecule has 0 spiro atoms. The van der Waals surface area contributed by atoms with Gasteiger partial charge in [0.05, 0.1) is 14.2 Å². The van der Waals surface area contributed by atoms with E-state index in [0.29, 0.717) is 0 Å². The summed E-state index contributed by atoms with van der Waals surface area (Å²) in [5, 5.41) is 0. The molecule has 0 aliphatic rings. The normalized spacial score (nSPS) is 13.7. The maximum absolute atomic E-state index is 10.8. The van der Waals surface area contributed by atoms with Crippen molar-refractivity contribution < 1.29 is 25.2 Å². The van der Waals surface area contributed by atoms with Crippen LogP contribution in [0.1, 0.15) is 6.92 Å². The quantitative estimate of drug-likeness (QED) is 0.579. The Morgan fingerprint density at radius 3 is 1.33 bits per heavy atom. The van der Waals surface area contributed by atoms with Gasteiger partial charge in [-0.2, -0.15) is 16.8 Å². The average molecular weight is 218 g/mol. The lowest BCUT2D eigenvalue weighted by Gasteiger charge is -2.09. The molecule has 8 heteroatoms. The van der Waals surface area contributed by atoms with Crippen LogP contribution in [0.2, 0.25) is 0 Å². The van der Waals surface area contributed by atoms with Crippen molar-refractivity contribution in [3.8, 4) is 0 Å². The van der Waals surface area contributed by atoms with E-state index in [-0.39, 0.29) is 0 Å². The van der Waals surface area contributed by atoms with Crippen LogP contribution in [0.5, 0.6) is 0 Å². The lowest BCUT2D eigenvalue weighted by atomic mass is 11.0. The zero-order valence-electron chi connectivity index (χ0n) is 6.84. The molecule has 0 N–H and O–H groups in total. The Labute approximate surface area is 71.7 Å². The zero-order valence-corrected chi connectivity index (χ0v) is 8.48. The van der Waals surface area contributed by atoms with Gasteiger partial charge in [-0.15, -0.1) is 0 Å². The Bertz CT molecular complexity index is 291. The monoisotopic (exact) mass is 218 g/mol. The van der Waals surface area contributed by atoms with E-state index in [1.807, 2.05) is 0 Å². The Kier molecular flexibility index (Phi) is 3.63. The topological polar surface area (TPSA) is 86.7 Å². The van der Waals surface area contributed by atoms with Gasteiger partial charge >= 0.3 is 0 Å². The summed E-state index contributed by atoms with van der Waals surface area (Å²) in [6, 6.07) is 0. The van der Waals surface area contributed by atoms with Crippen LogP contribution in [-0.2, 0) is 28.6 Å². The molecule has 0 amide bonds. The highest BCUT2D eigenvalue weighted by Crippen LogP contribution is 2.11. The second-order valence-electron chi connectivity index (χ2n) is 1.89. The Hall–Kier alpha value is -0.180. The summed E-state index contributed by atoms with van der Waals surface area (Å²) in [5.74, 6) is 0. The van der Waals surface area contributed by atoms with E-state index in [2.05, 4.69) is 8.37 Å². The average Bonchev–Trinajstić information content (AvgIpc) is 2.03. The van der Waals surface area contributed by atoms with E-state index >= 15 is 0 Å². The smallest absolute Gasteiger partial charge is 0.272 e. The Balaban J connectivity index is 5.00. The summed E-state index contributed by atoms with van der Waals surface area (Å²) in [6.07, 6.45) is 0. The second-order valence-corrected chi connectivity index (χ2v) is 6.24. The van der Waals surface area contributed by atoms with Gasteiger partial charge in [-0.25, -0.2) is 0 Å². The number of hydrogen-bond acceptors (Lipinski definition) is 6. The first-order valence-electron chi connectivity index (χ1n) is 2.87. The van der Waals surface area contributed by atoms with Crippen molar-refractivity contribution in [2.45, 2.75) is 11.5 Å². The lowest BCUT2D eigenvalue weighted by Crippen LogP contribution is -2.29. The van der Waals surface area contributed by atoms with E-state index in [0.717, 1.165) is 21.1 Å². The van der Waals surface area contributed by atoms with Gasteiger partial charge in [0.2, 0.25) is 4.58 Å². The molecule has 0 unspecified atom stereocenters.